The lowest BCUT2D eigenvalue weighted by atomic mass is 9.86. The Morgan fingerprint density at radius 2 is 1.82 bits per heavy atom. The van der Waals surface area contributed by atoms with Crippen LogP contribution in [-0.4, -0.2) is 5.78 Å². The Morgan fingerprint density at radius 1 is 1.27 bits per heavy atom. The van der Waals surface area contributed by atoms with Gasteiger partial charge in [0.05, 0.1) is 0 Å². The minimum Gasteiger partial charge on any atom is -0.344 e. The number of carbonyl (C=O) groups is 1. The van der Waals surface area contributed by atoms with Crippen molar-refractivity contribution in [2.45, 2.75) is 32.1 Å². The van der Waals surface area contributed by atoms with Crippen LogP contribution in [0.4, 0.5) is 0 Å². The molecule has 0 aromatic carbocycles. The van der Waals surface area contributed by atoms with Crippen molar-refractivity contribution >= 4 is 5.78 Å². The Hall–Kier alpha value is -0.630. The molecular formula is C9H17NO. The van der Waals surface area contributed by atoms with Crippen LogP contribution >= 0.6 is 0 Å². The monoisotopic (exact) mass is 155 g/mol. The lowest BCUT2D eigenvalue weighted by molar-refractivity contribution is -0.119. The fourth-order valence-electron chi connectivity index (χ4n) is 1.55. The summed E-state index contributed by atoms with van der Waals surface area (Å²) >= 11 is 0. The van der Waals surface area contributed by atoms with E-state index in [1.165, 1.54) is 25.3 Å². The molecule has 0 atom stereocenters. The van der Waals surface area contributed by atoms with Crippen molar-refractivity contribution < 1.29 is 4.79 Å². The van der Waals surface area contributed by atoms with E-state index >= 15 is 0 Å². The summed E-state index contributed by atoms with van der Waals surface area (Å²) in [7, 11) is 0. The minimum atomic E-state index is 0. The first kappa shape index (κ1) is 10.4. The lowest BCUT2D eigenvalue weighted by Crippen LogP contribution is -2.14. The van der Waals surface area contributed by atoms with Crippen molar-refractivity contribution in [2.75, 3.05) is 0 Å². The normalized spacial score (nSPS) is 18.5. The van der Waals surface area contributed by atoms with Crippen molar-refractivity contribution in [1.29, 1.82) is 0 Å². The minimum absolute atomic E-state index is 0. The second-order valence-electron chi connectivity index (χ2n) is 2.94. The Morgan fingerprint density at radius 3 is 2.27 bits per heavy atom. The third-order valence-corrected chi connectivity index (χ3v) is 2.21. The van der Waals surface area contributed by atoms with Crippen LogP contribution in [0.25, 0.3) is 0 Å². The van der Waals surface area contributed by atoms with Crippen LogP contribution in [0, 0.1) is 5.92 Å². The zero-order valence-corrected chi connectivity index (χ0v) is 7.01. The summed E-state index contributed by atoms with van der Waals surface area (Å²) in [5, 5.41) is 0. The molecular weight excluding hydrogens is 138 g/mol. The number of carbonyl (C=O) groups excluding carboxylic acids is 1. The lowest BCUT2D eigenvalue weighted by Gasteiger charge is -2.18. The Balaban J connectivity index is 0.000001000. The summed E-state index contributed by atoms with van der Waals surface area (Å²) < 4.78 is 0. The van der Waals surface area contributed by atoms with E-state index in [2.05, 4.69) is 6.58 Å². The summed E-state index contributed by atoms with van der Waals surface area (Å²) in [6.07, 6.45) is 7.40. The molecule has 1 saturated carbocycles. The van der Waals surface area contributed by atoms with Crippen LogP contribution in [0.3, 0.4) is 0 Å². The number of allylic oxidation sites excluding steroid dienone is 1. The highest BCUT2D eigenvalue weighted by Crippen LogP contribution is 2.24. The molecule has 0 aromatic heterocycles. The van der Waals surface area contributed by atoms with E-state index < -0.39 is 0 Å². The van der Waals surface area contributed by atoms with Gasteiger partial charge in [-0.15, -0.1) is 0 Å². The van der Waals surface area contributed by atoms with Crippen molar-refractivity contribution in [3.63, 3.8) is 0 Å². The van der Waals surface area contributed by atoms with E-state index in [0.717, 1.165) is 12.8 Å². The van der Waals surface area contributed by atoms with E-state index in [1.807, 2.05) is 0 Å². The molecule has 64 valence electrons. The van der Waals surface area contributed by atoms with Crippen LogP contribution in [0.15, 0.2) is 12.7 Å². The quantitative estimate of drug-likeness (QED) is 0.623. The smallest absolute Gasteiger partial charge is 0.158 e. The summed E-state index contributed by atoms with van der Waals surface area (Å²) in [5.74, 6) is 0.561. The molecule has 0 spiro atoms. The largest absolute Gasteiger partial charge is 0.344 e. The van der Waals surface area contributed by atoms with Gasteiger partial charge in [0, 0.05) is 5.92 Å². The van der Waals surface area contributed by atoms with Crippen LogP contribution < -0.4 is 6.15 Å². The zero-order chi connectivity index (χ0) is 7.40. The fraction of sp³-hybridized carbons (Fsp3) is 0.667. The number of ketones is 1. The van der Waals surface area contributed by atoms with E-state index in [4.69, 9.17) is 0 Å². The summed E-state index contributed by atoms with van der Waals surface area (Å²) in [5.41, 5.74) is 0. The van der Waals surface area contributed by atoms with Gasteiger partial charge >= 0.3 is 0 Å². The number of rotatable bonds is 2. The van der Waals surface area contributed by atoms with Crippen LogP contribution in [0.2, 0.25) is 0 Å². The molecule has 0 radical (unpaired) electrons. The van der Waals surface area contributed by atoms with E-state index in [1.54, 1.807) is 0 Å². The van der Waals surface area contributed by atoms with Crippen LogP contribution in [-0.2, 0) is 4.79 Å². The van der Waals surface area contributed by atoms with Gasteiger partial charge in [0.2, 0.25) is 0 Å². The molecule has 2 heteroatoms. The average molecular weight is 155 g/mol. The third-order valence-electron chi connectivity index (χ3n) is 2.21. The molecule has 1 aliphatic rings. The van der Waals surface area contributed by atoms with Gasteiger partial charge < -0.3 is 6.15 Å². The zero-order valence-electron chi connectivity index (χ0n) is 7.01. The maximum atomic E-state index is 11.0. The maximum absolute atomic E-state index is 11.0. The summed E-state index contributed by atoms with van der Waals surface area (Å²) in [4.78, 5) is 11.0. The first-order valence-corrected chi connectivity index (χ1v) is 4.01. The Bertz CT molecular complexity index is 136. The van der Waals surface area contributed by atoms with Crippen LogP contribution in [0.5, 0.6) is 0 Å². The van der Waals surface area contributed by atoms with Gasteiger partial charge in [-0.25, -0.2) is 0 Å². The highest BCUT2D eigenvalue weighted by atomic mass is 16.1. The van der Waals surface area contributed by atoms with Gasteiger partial charge in [0.15, 0.2) is 5.78 Å². The first-order chi connectivity index (χ1) is 4.84. The standard InChI is InChI=1S/C9H14O.H3N/c1-2-9(10)8-6-4-3-5-7-8;/h2,8H,1,3-7H2;1H3. The molecule has 0 aliphatic heterocycles. The molecule has 0 saturated heterocycles. The fourth-order valence-corrected chi connectivity index (χ4v) is 1.55. The van der Waals surface area contributed by atoms with Crippen molar-refractivity contribution in [3.05, 3.63) is 12.7 Å². The average Bonchev–Trinajstić information content (AvgIpc) is 2.05. The molecule has 0 bridgehead atoms. The topological polar surface area (TPSA) is 52.1 Å². The molecule has 0 amide bonds. The predicted octanol–water partition coefficient (Wildman–Crippen LogP) is 2.48. The Labute approximate surface area is 68.3 Å². The SMILES string of the molecule is C=CC(=O)C1CCCCC1.N. The van der Waals surface area contributed by atoms with Gasteiger partial charge in [0.1, 0.15) is 0 Å². The Kier molecular flexibility index (Phi) is 4.79. The molecule has 11 heavy (non-hydrogen) atoms. The molecule has 0 heterocycles. The summed E-state index contributed by atoms with van der Waals surface area (Å²) in [6, 6.07) is 0. The van der Waals surface area contributed by atoms with Gasteiger partial charge in [-0.3, -0.25) is 4.79 Å². The molecule has 1 aliphatic carbocycles. The highest BCUT2D eigenvalue weighted by molar-refractivity contribution is 5.91. The highest BCUT2D eigenvalue weighted by Gasteiger charge is 2.17. The van der Waals surface area contributed by atoms with E-state index in [9.17, 15) is 4.79 Å². The van der Waals surface area contributed by atoms with Gasteiger partial charge in [-0.1, -0.05) is 25.8 Å². The van der Waals surface area contributed by atoms with Gasteiger partial charge in [-0.2, -0.15) is 0 Å². The van der Waals surface area contributed by atoms with E-state index in [0.29, 0.717) is 5.92 Å². The number of hydrogen-bond donors (Lipinski definition) is 1. The first-order valence-electron chi connectivity index (χ1n) is 4.01. The number of hydrogen-bond acceptors (Lipinski definition) is 2. The molecule has 2 nitrogen and oxygen atoms in total. The van der Waals surface area contributed by atoms with Gasteiger partial charge in [0.25, 0.3) is 0 Å². The molecule has 1 rings (SSSR count). The van der Waals surface area contributed by atoms with Crippen molar-refractivity contribution in [1.82, 2.24) is 6.15 Å². The van der Waals surface area contributed by atoms with E-state index in [-0.39, 0.29) is 11.9 Å². The van der Waals surface area contributed by atoms with Crippen LogP contribution in [0.1, 0.15) is 32.1 Å². The van der Waals surface area contributed by atoms with Crippen molar-refractivity contribution in [3.8, 4) is 0 Å². The molecule has 1 fully saturated rings. The predicted molar refractivity (Wildman–Crippen MR) is 46.8 cm³/mol. The summed E-state index contributed by atoms with van der Waals surface area (Å²) in [6.45, 7) is 3.49. The molecule has 3 N–H and O–H groups in total. The second-order valence-corrected chi connectivity index (χ2v) is 2.94. The second kappa shape index (κ2) is 5.08. The third kappa shape index (κ3) is 2.85. The maximum Gasteiger partial charge on any atom is 0.158 e. The molecule has 0 aromatic rings. The van der Waals surface area contributed by atoms with Crippen molar-refractivity contribution in [2.24, 2.45) is 5.92 Å². The molecule has 0 unspecified atom stereocenters. The van der Waals surface area contributed by atoms with Gasteiger partial charge in [-0.05, 0) is 18.9 Å².